The summed E-state index contributed by atoms with van der Waals surface area (Å²) in [6.45, 7) is 2.00. The van der Waals surface area contributed by atoms with Crippen molar-refractivity contribution in [1.29, 1.82) is 0 Å². The molecule has 3 heteroatoms. The maximum atomic E-state index is 13.1. The fourth-order valence-electron chi connectivity index (χ4n) is 1.11. The summed E-state index contributed by atoms with van der Waals surface area (Å²) in [6, 6.07) is 7.51. The van der Waals surface area contributed by atoms with Crippen LogP contribution in [0.2, 0.25) is 5.02 Å². The molecule has 14 heavy (non-hydrogen) atoms. The lowest BCUT2D eigenvalue weighted by Gasteiger charge is -2.05. The molecule has 0 nitrogen and oxygen atoms in total. The third kappa shape index (κ3) is 4.34. The second kappa shape index (κ2) is 6.31. The molecule has 78 valence electrons. The Bertz CT molecular complexity index is 260. The second-order valence-corrected chi connectivity index (χ2v) is 4.68. The van der Waals surface area contributed by atoms with Crippen LogP contribution in [0, 0.1) is 0 Å². The highest BCUT2D eigenvalue weighted by Gasteiger charge is 2.05. The normalized spacial score (nSPS) is 12.8. The molecule has 1 aromatic rings. The Labute approximate surface area is 93.8 Å². The first kappa shape index (κ1) is 11.9. The van der Waals surface area contributed by atoms with Crippen LogP contribution >= 0.6 is 23.4 Å². The lowest BCUT2D eigenvalue weighted by Crippen LogP contribution is -2.02. The molecule has 0 bridgehead atoms. The largest absolute Gasteiger partial charge is 0.247 e. The lowest BCUT2D eigenvalue weighted by molar-refractivity contribution is 0.344. The van der Waals surface area contributed by atoms with Gasteiger partial charge in [-0.05, 0) is 30.7 Å². The van der Waals surface area contributed by atoms with Gasteiger partial charge in [0.1, 0.15) is 6.17 Å². The summed E-state index contributed by atoms with van der Waals surface area (Å²) >= 11 is 7.28. The smallest absolute Gasteiger partial charge is 0.109 e. The Morgan fingerprint density at radius 1 is 1.36 bits per heavy atom. The van der Waals surface area contributed by atoms with Crippen molar-refractivity contribution in [2.75, 3.05) is 5.75 Å². The summed E-state index contributed by atoms with van der Waals surface area (Å²) in [5.74, 6) is 0.537. The average molecular weight is 233 g/mol. The zero-order valence-electron chi connectivity index (χ0n) is 8.17. The molecule has 0 aromatic heterocycles. The number of benzene rings is 1. The maximum absolute atomic E-state index is 13.1. The van der Waals surface area contributed by atoms with Gasteiger partial charge in [0.05, 0.1) is 0 Å². The minimum atomic E-state index is -0.694. The van der Waals surface area contributed by atoms with Gasteiger partial charge in [0.25, 0.3) is 0 Å². The molecule has 1 atom stereocenters. The molecule has 0 saturated carbocycles. The molecule has 0 N–H and O–H groups in total. The van der Waals surface area contributed by atoms with Crippen molar-refractivity contribution >= 4 is 23.4 Å². The van der Waals surface area contributed by atoms with Crippen LogP contribution in [0.25, 0.3) is 0 Å². The van der Waals surface area contributed by atoms with E-state index in [0.717, 1.165) is 16.3 Å². The second-order valence-electron chi connectivity index (χ2n) is 3.15. The minimum Gasteiger partial charge on any atom is -0.247 e. The minimum absolute atomic E-state index is 0.537. The third-order valence-corrected chi connectivity index (χ3v) is 3.23. The number of thioether (sulfide) groups is 1. The molecule has 0 spiro atoms. The van der Waals surface area contributed by atoms with Crippen molar-refractivity contribution in [3.63, 3.8) is 0 Å². The van der Waals surface area contributed by atoms with Crippen LogP contribution in [0.1, 0.15) is 19.8 Å². The molecule has 1 unspecified atom stereocenters. The van der Waals surface area contributed by atoms with E-state index in [-0.39, 0.29) is 0 Å². The van der Waals surface area contributed by atoms with Crippen LogP contribution in [-0.4, -0.2) is 11.9 Å². The van der Waals surface area contributed by atoms with Gasteiger partial charge in [0.2, 0.25) is 0 Å². The zero-order chi connectivity index (χ0) is 10.4. The van der Waals surface area contributed by atoms with Crippen LogP contribution in [0.4, 0.5) is 4.39 Å². The number of rotatable bonds is 5. The molecular weight excluding hydrogens is 219 g/mol. The van der Waals surface area contributed by atoms with E-state index in [2.05, 4.69) is 0 Å². The van der Waals surface area contributed by atoms with Crippen molar-refractivity contribution in [3.05, 3.63) is 29.3 Å². The zero-order valence-corrected chi connectivity index (χ0v) is 9.74. The molecule has 0 aliphatic carbocycles. The Morgan fingerprint density at radius 3 is 2.57 bits per heavy atom. The molecule has 1 rings (SSSR count). The standard InChI is InChI=1S/C11H14ClFS/c1-2-3-10(13)8-14-11-6-4-9(12)5-7-11/h4-7,10H,2-3,8H2,1H3. The molecule has 0 fully saturated rings. The number of halogens is 2. The summed E-state index contributed by atoms with van der Waals surface area (Å²) in [5, 5.41) is 0.722. The Kier molecular flexibility index (Phi) is 5.34. The Balaban J connectivity index is 2.34. The van der Waals surface area contributed by atoms with Crippen molar-refractivity contribution < 1.29 is 4.39 Å². The molecule has 0 heterocycles. The van der Waals surface area contributed by atoms with Gasteiger partial charge in [0, 0.05) is 15.7 Å². The summed E-state index contributed by atoms with van der Waals surface area (Å²) in [5.41, 5.74) is 0. The first-order chi connectivity index (χ1) is 6.72. The molecule has 0 amide bonds. The quantitative estimate of drug-likeness (QED) is 0.671. The molecule has 0 radical (unpaired) electrons. The van der Waals surface area contributed by atoms with Gasteiger partial charge in [-0.1, -0.05) is 24.9 Å². The van der Waals surface area contributed by atoms with E-state index in [1.807, 2.05) is 31.2 Å². The van der Waals surface area contributed by atoms with E-state index in [9.17, 15) is 4.39 Å². The van der Waals surface area contributed by atoms with Crippen LogP contribution in [-0.2, 0) is 0 Å². The first-order valence-corrected chi connectivity index (χ1v) is 6.11. The van der Waals surface area contributed by atoms with Gasteiger partial charge in [-0.2, -0.15) is 0 Å². The molecule has 0 aliphatic rings. The number of hydrogen-bond donors (Lipinski definition) is 0. The summed E-state index contributed by atoms with van der Waals surface area (Å²) in [6.07, 6.45) is 0.865. The van der Waals surface area contributed by atoms with Gasteiger partial charge in [-0.15, -0.1) is 11.8 Å². The lowest BCUT2D eigenvalue weighted by atomic mass is 10.2. The summed E-state index contributed by atoms with van der Waals surface area (Å²) in [4.78, 5) is 1.08. The number of hydrogen-bond acceptors (Lipinski definition) is 1. The van der Waals surface area contributed by atoms with Gasteiger partial charge < -0.3 is 0 Å². The summed E-state index contributed by atoms with van der Waals surface area (Å²) < 4.78 is 13.1. The fraction of sp³-hybridized carbons (Fsp3) is 0.455. The predicted octanol–water partition coefficient (Wildman–Crippen LogP) is 4.57. The van der Waals surface area contributed by atoms with Crippen molar-refractivity contribution in [3.8, 4) is 0 Å². The van der Waals surface area contributed by atoms with Gasteiger partial charge in [-0.3, -0.25) is 0 Å². The summed E-state index contributed by atoms with van der Waals surface area (Å²) in [7, 11) is 0. The van der Waals surface area contributed by atoms with Crippen LogP contribution in [0.15, 0.2) is 29.2 Å². The van der Waals surface area contributed by atoms with Crippen LogP contribution < -0.4 is 0 Å². The van der Waals surface area contributed by atoms with Crippen molar-refractivity contribution in [1.82, 2.24) is 0 Å². The van der Waals surface area contributed by atoms with Crippen LogP contribution in [0.5, 0.6) is 0 Å². The van der Waals surface area contributed by atoms with E-state index in [4.69, 9.17) is 11.6 Å². The molecule has 1 aromatic carbocycles. The van der Waals surface area contributed by atoms with Crippen molar-refractivity contribution in [2.45, 2.75) is 30.8 Å². The molecule has 0 saturated heterocycles. The third-order valence-electron chi connectivity index (χ3n) is 1.85. The topological polar surface area (TPSA) is 0 Å². The highest BCUT2D eigenvalue weighted by atomic mass is 35.5. The van der Waals surface area contributed by atoms with E-state index in [1.165, 1.54) is 0 Å². The van der Waals surface area contributed by atoms with E-state index >= 15 is 0 Å². The van der Waals surface area contributed by atoms with E-state index < -0.39 is 6.17 Å². The van der Waals surface area contributed by atoms with Gasteiger partial charge in [-0.25, -0.2) is 4.39 Å². The SMILES string of the molecule is CCCC(F)CSc1ccc(Cl)cc1. The van der Waals surface area contributed by atoms with Gasteiger partial charge >= 0.3 is 0 Å². The van der Waals surface area contributed by atoms with E-state index in [1.54, 1.807) is 11.8 Å². The molecule has 0 aliphatic heterocycles. The highest BCUT2D eigenvalue weighted by molar-refractivity contribution is 7.99. The average Bonchev–Trinajstić information content (AvgIpc) is 2.17. The van der Waals surface area contributed by atoms with Crippen molar-refractivity contribution in [2.24, 2.45) is 0 Å². The fourth-order valence-corrected chi connectivity index (χ4v) is 2.11. The Morgan fingerprint density at radius 2 is 2.00 bits per heavy atom. The molecular formula is C11H14ClFS. The van der Waals surface area contributed by atoms with Crippen LogP contribution in [0.3, 0.4) is 0 Å². The number of alkyl halides is 1. The predicted molar refractivity (Wildman–Crippen MR) is 62.0 cm³/mol. The van der Waals surface area contributed by atoms with Gasteiger partial charge in [0.15, 0.2) is 0 Å². The van der Waals surface area contributed by atoms with E-state index in [0.29, 0.717) is 12.2 Å². The first-order valence-electron chi connectivity index (χ1n) is 4.74. The Hall–Kier alpha value is -0.210. The maximum Gasteiger partial charge on any atom is 0.109 e. The monoisotopic (exact) mass is 232 g/mol. The highest BCUT2D eigenvalue weighted by Crippen LogP contribution is 2.22.